The Hall–Kier alpha value is -1.33. The third kappa shape index (κ3) is 2.88. The SMILES string of the molecule is O=C(c1ccco1)N1CCC(NCC2(O)CCC2)CC1. The first-order chi connectivity index (χ1) is 9.66. The number of aliphatic hydroxyl groups is 1. The maximum atomic E-state index is 12.1. The zero-order chi connectivity index (χ0) is 14.0. The quantitative estimate of drug-likeness (QED) is 0.873. The van der Waals surface area contributed by atoms with Crippen LogP contribution in [0.1, 0.15) is 42.7 Å². The van der Waals surface area contributed by atoms with Crippen LogP contribution in [-0.2, 0) is 0 Å². The van der Waals surface area contributed by atoms with Crippen molar-refractivity contribution in [1.29, 1.82) is 0 Å². The van der Waals surface area contributed by atoms with Crippen molar-refractivity contribution in [3.8, 4) is 0 Å². The standard InChI is InChI=1S/C15H22N2O3/c18-14(13-3-1-10-20-13)17-8-4-12(5-9-17)16-11-15(19)6-2-7-15/h1,3,10,12,16,19H,2,4-9,11H2. The van der Waals surface area contributed by atoms with Gasteiger partial charge in [0, 0.05) is 25.7 Å². The summed E-state index contributed by atoms with van der Waals surface area (Å²) in [5.74, 6) is 0.395. The molecule has 5 nitrogen and oxygen atoms in total. The Kier molecular flexibility index (Phi) is 3.81. The fourth-order valence-corrected chi connectivity index (χ4v) is 2.94. The molecule has 1 amide bonds. The van der Waals surface area contributed by atoms with Crippen molar-refractivity contribution >= 4 is 5.91 Å². The van der Waals surface area contributed by atoms with Crippen LogP contribution in [0.2, 0.25) is 0 Å². The molecule has 2 heterocycles. The Balaban J connectivity index is 1.44. The molecule has 0 atom stereocenters. The van der Waals surface area contributed by atoms with Crippen LogP contribution in [-0.4, -0.2) is 47.2 Å². The fraction of sp³-hybridized carbons (Fsp3) is 0.667. The van der Waals surface area contributed by atoms with E-state index >= 15 is 0 Å². The van der Waals surface area contributed by atoms with Gasteiger partial charge in [-0.25, -0.2) is 0 Å². The summed E-state index contributed by atoms with van der Waals surface area (Å²) in [4.78, 5) is 14.0. The molecule has 2 N–H and O–H groups in total. The van der Waals surface area contributed by atoms with Gasteiger partial charge in [0.05, 0.1) is 11.9 Å². The van der Waals surface area contributed by atoms with E-state index in [1.54, 1.807) is 12.1 Å². The van der Waals surface area contributed by atoms with Crippen molar-refractivity contribution in [3.63, 3.8) is 0 Å². The van der Waals surface area contributed by atoms with Gasteiger partial charge in [-0.05, 0) is 44.2 Å². The molecule has 1 aromatic heterocycles. The number of hydrogen-bond donors (Lipinski definition) is 2. The molecule has 0 aromatic carbocycles. The second-order valence-electron chi connectivity index (χ2n) is 6.00. The molecule has 20 heavy (non-hydrogen) atoms. The van der Waals surface area contributed by atoms with E-state index in [-0.39, 0.29) is 5.91 Å². The highest BCUT2D eigenvalue weighted by molar-refractivity contribution is 5.91. The zero-order valence-corrected chi connectivity index (χ0v) is 11.7. The fourth-order valence-electron chi connectivity index (χ4n) is 2.94. The maximum absolute atomic E-state index is 12.1. The van der Waals surface area contributed by atoms with Crippen LogP contribution >= 0.6 is 0 Å². The number of carbonyl (C=O) groups excluding carboxylic acids is 1. The summed E-state index contributed by atoms with van der Waals surface area (Å²) >= 11 is 0. The minimum Gasteiger partial charge on any atom is -0.459 e. The number of likely N-dealkylation sites (tertiary alicyclic amines) is 1. The lowest BCUT2D eigenvalue weighted by atomic mass is 9.80. The third-order valence-electron chi connectivity index (χ3n) is 4.52. The van der Waals surface area contributed by atoms with Crippen LogP contribution in [0.15, 0.2) is 22.8 Å². The molecule has 110 valence electrons. The minimum atomic E-state index is -0.471. The van der Waals surface area contributed by atoms with E-state index in [1.807, 2.05) is 4.90 Å². The van der Waals surface area contributed by atoms with Gasteiger partial charge in [-0.2, -0.15) is 0 Å². The predicted molar refractivity (Wildman–Crippen MR) is 74.4 cm³/mol. The highest BCUT2D eigenvalue weighted by atomic mass is 16.3. The molecule has 1 aromatic rings. The van der Waals surface area contributed by atoms with Crippen LogP contribution < -0.4 is 5.32 Å². The number of nitrogens with one attached hydrogen (secondary N) is 1. The molecule has 0 spiro atoms. The average molecular weight is 278 g/mol. The number of amides is 1. The predicted octanol–water partition coefficient (Wildman–Crippen LogP) is 1.39. The number of piperidine rings is 1. The second-order valence-corrected chi connectivity index (χ2v) is 6.00. The molecule has 2 fully saturated rings. The normalized spacial score (nSPS) is 22.6. The van der Waals surface area contributed by atoms with E-state index in [4.69, 9.17) is 4.42 Å². The minimum absolute atomic E-state index is 0.0222. The Morgan fingerprint density at radius 2 is 2.20 bits per heavy atom. The van der Waals surface area contributed by atoms with Crippen LogP contribution in [0.5, 0.6) is 0 Å². The lowest BCUT2D eigenvalue weighted by Crippen LogP contribution is -2.52. The highest BCUT2D eigenvalue weighted by Gasteiger charge is 2.35. The smallest absolute Gasteiger partial charge is 0.289 e. The van der Waals surface area contributed by atoms with Gasteiger partial charge in [-0.15, -0.1) is 0 Å². The zero-order valence-electron chi connectivity index (χ0n) is 11.7. The molecule has 1 aliphatic carbocycles. The monoisotopic (exact) mass is 278 g/mol. The summed E-state index contributed by atoms with van der Waals surface area (Å²) in [7, 11) is 0. The summed E-state index contributed by atoms with van der Waals surface area (Å²) in [5.41, 5.74) is -0.471. The first kappa shape index (κ1) is 13.6. The van der Waals surface area contributed by atoms with Gasteiger partial charge in [0.15, 0.2) is 5.76 Å². The van der Waals surface area contributed by atoms with Crippen molar-refractivity contribution in [3.05, 3.63) is 24.2 Å². The van der Waals surface area contributed by atoms with Crippen molar-refractivity contribution in [2.24, 2.45) is 0 Å². The molecular formula is C15H22N2O3. The summed E-state index contributed by atoms with van der Waals surface area (Å²) in [6, 6.07) is 3.85. The van der Waals surface area contributed by atoms with Gasteiger partial charge in [-0.3, -0.25) is 4.79 Å². The molecule has 5 heteroatoms. The van der Waals surface area contributed by atoms with Crippen LogP contribution in [0.4, 0.5) is 0 Å². The molecule has 2 aliphatic rings. The number of hydrogen-bond acceptors (Lipinski definition) is 4. The molecule has 1 saturated carbocycles. The van der Waals surface area contributed by atoms with E-state index in [1.165, 1.54) is 6.26 Å². The van der Waals surface area contributed by atoms with Crippen LogP contribution in [0.3, 0.4) is 0 Å². The van der Waals surface area contributed by atoms with Crippen LogP contribution in [0, 0.1) is 0 Å². The average Bonchev–Trinajstić information content (AvgIpc) is 2.97. The lowest BCUT2D eigenvalue weighted by Gasteiger charge is -2.39. The van der Waals surface area contributed by atoms with Gasteiger partial charge in [-0.1, -0.05) is 0 Å². The van der Waals surface area contributed by atoms with E-state index < -0.39 is 5.60 Å². The summed E-state index contributed by atoms with van der Waals surface area (Å²) in [6.45, 7) is 2.18. The van der Waals surface area contributed by atoms with Gasteiger partial charge < -0.3 is 19.7 Å². The number of carbonyl (C=O) groups is 1. The van der Waals surface area contributed by atoms with Crippen molar-refractivity contribution in [2.45, 2.75) is 43.7 Å². The molecule has 0 bridgehead atoms. The van der Waals surface area contributed by atoms with E-state index in [0.717, 1.165) is 45.2 Å². The van der Waals surface area contributed by atoms with Gasteiger partial charge in [0.1, 0.15) is 0 Å². The first-order valence-corrected chi connectivity index (χ1v) is 7.45. The molecule has 0 radical (unpaired) electrons. The summed E-state index contributed by atoms with van der Waals surface area (Å²) in [6.07, 6.45) is 6.35. The molecule has 3 rings (SSSR count). The van der Waals surface area contributed by atoms with Crippen LogP contribution in [0.25, 0.3) is 0 Å². The van der Waals surface area contributed by atoms with Crippen molar-refractivity contribution < 1.29 is 14.3 Å². The second kappa shape index (κ2) is 5.58. The van der Waals surface area contributed by atoms with E-state index in [2.05, 4.69) is 5.32 Å². The first-order valence-electron chi connectivity index (χ1n) is 7.45. The molecule has 1 aliphatic heterocycles. The van der Waals surface area contributed by atoms with Crippen molar-refractivity contribution in [2.75, 3.05) is 19.6 Å². The number of rotatable bonds is 4. The molecule has 1 saturated heterocycles. The summed E-state index contributed by atoms with van der Waals surface area (Å²) < 4.78 is 5.15. The summed E-state index contributed by atoms with van der Waals surface area (Å²) in [5, 5.41) is 13.5. The lowest BCUT2D eigenvalue weighted by molar-refractivity contribution is -0.0344. The Bertz CT molecular complexity index is 446. The topological polar surface area (TPSA) is 65.7 Å². The Morgan fingerprint density at radius 3 is 2.75 bits per heavy atom. The number of nitrogens with zero attached hydrogens (tertiary/aromatic N) is 1. The van der Waals surface area contributed by atoms with E-state index in [0.29, 0.717) is 18.3 Å². The van der Waals surface area contributed by atoms with Gasteiger partial charge in [0.25, 0.3) is 5.91 Å². The molecule has 0 unspecified atom stereocenters. The van der Waals surface area contributed by atoms with Crippen molar-refractivity contribution in [1.82, 2.24) is 10.2 Å². The third-order valence-corrected chi connectivity index (χ3v) is 4.52. The van der Waals surface area contributed by atoms with Gasteiger partial charge >= 0.3 is 0 Å². The Labute approximate surface area is 118 Å². The van der Waals surface area contributed by atoms with Gasteiger partial charge in [0.2, 0.25) is 0 Å². The Morgan fingerprint density at radius 1 is 1.45 bits per heavy atom. The van der Waals surface area contributed by atoms with E-state index in [9.17, 15) is 9.90 Å². The maximum Gasteiger partial charge on any atom is 0.289 e. The highest BCUT2D eigenvalue weighted by Crippen LogP contribution is 2.31. The largest absolute Gasteiger partial charge is 0.459 e. The molecular weight excluding hydrogens is 256 g/mol. The number of furan rings is 1.